The molecular formula is C10H19NO2S. The van der Waals surface area contributed by atoms with Gasteiger partial charge in [0.15, 0.2) is 0 Å². The van der Waals surface area contributed by atoms with Crippen LogP contribution in [0, 0.1) is 11.8 Å². The number of carboxylic acids is 1. The van der Waals surface area contributed by atoms with E-state index < -0.39 is 5.97 Å². The number of rotatable bonds is 4. The summed E-state index contributed by atoms with van der Waals surface area (Å²) in [6.45, 7) is 2.09. The van der Waals surface area contributed by atoms with Crippen molar-refractivity contribution in [2.75, 3.05) is 32.1 Å². The zero-order valence-electron chi connectivity index (χ0n) is 8.90. The molecule has 1 rings (SSSR count). The van der Waals surface area contributed by atoms with Crippen LogP contribution >= 0.6 is 11.8 Å². The predicted molar refractivity (Wildman–Crippen MR) is 59.7 cm³/mol. The summed E-state index contributed by atoms with van der Waals surface area (Å²) in [7, 11) is 2.10. The first kappa shape index (κ1) is 11.9. The minimum Gasteiger partial charge on any atom is -0.481 e. The van der Waals surface area contributed by atoms with Gasteiger partial charge in [-0.15, -0.1) is 0 Å². The Bertz CT molecular complexity index is 191. The maximum atomic E-state index is 11.0. The van der Waals surface area contributed by atoms with Crippen LogP contribution in [0.15, 0.2) is 0 Å². The molecule has 0 radical (unpaired) electrons. The second kappa shape index (κ2) is 5.61. The standard InChI is InChI=1S/C10H19NO2S/c1-11-5-3-8(4-6-11)9(7-14-2)10(12)13/h8-9H,3-7H2,1-2H3,(H,12,13). The molecule has 0 aliphatic carbocycles. The van der Waals surface area contributed by atoms with Gasteiger partial charge in [0.25, 0.3) is 0 Å². The molecular weight excluding hydrogens is 198 g/mol. The van der Waals surface area contributed by atoms with Crippen LogP contribution in [0.2, 0.25) is 0 Å². The molecule has 1 aliphatic rings. The predicted octanol–water partition coefficient (Wildman–Crippen LogP) is 1.39. The van der Waals surface area contributed by atoms with E-state index in [1.54, 1.807) is 11.8 Å². The Hall–Kier alpha value is -0.220. The van der Waals surface area contributed by atoms with E-state index in [0.717, 1.165) is 31.7 Å². The summed E-state index contributed by atoms with van der Waals surface area (Å²) < 4.78 is 0. The molecule has 3 nitrogen and oxygen atoms in total. The van der Waals surface area contributed by atoms with Crippen LogP contribution in [0.3, 0.4) is 0 Å². The van der Waals surface area contributed by atoms with Crippen molar-refractivity contribution in [3.8, 4) is 0 Å². The molecule has 1 aliphatic heterocycles. The molecule has 1 atom stereocenters. The highest BCUT2D eigenvalue weighted by molar-refractivity contribution is 7.98. The minimum atomic E-state index is -0.617. The van der Waals surface area contributed by atoms with Crippen molar-refractivity contribution in [3.05, 3.63) is 0 Å². The first-order valence-corrected chi connectivity index (χ1v) is 6.44. The maximum absolute atomic E-state index is 11.0. The van der Waals surface area contributed by atoms with Gasteiger partial charge < -0.3 is 10.0 Å². The number of piperidine rings is 1. The molecule has 0 bridgehead atoms. The van der Waals surface area contributed by atoms with Gasteiger partial charge >= 0.3 is 5.97 Å². The molecule has 0 saturated carbocycles. The van der Waals surface area contributed by atoms with E-state index >= 15 is 0 Å². The molecule has 1 unspecified atom stereocenters. The Morgan fingerprint density at radius 1 is 1.57 bits per heavy atom. The highest BCUT2D eigenvalue weighted by atomic mass is 32.2. The molecule has 1 fully saturated rings. The molecule has 82 valence electrons. The topological polar surface area (TPSA) is 40.5 Å². The van der Waals surface area contributed by atoms with Crippen LogP contribution in [0.25, 0.3) is 0 Å². The third kappa shape index (κ3) is 3.17. The second-order valence-corrected chi connectivity index (χ2v) is 4.95. The SMILES string of the molecule is CSCC(C(=O)O)C1CCN(C)CC1. The zero-order chi connectivity index (χ0) is 10.6. The first-order valence-electron chi connectivity index (χ1n) is 5.05. The van der Waals surface area contributed by atoms with Crippen molar-refractivity contribution in [3.63, 3.8) is 0 Å². The van der Waals surface area contributed by atoms with Gasteiger partial charge in [0, 0.05) is 5.75 Å². The monoisotopic (exact) mass is 217 g/mol. The van der Waals surface area contributed by atoms with Crippen molar-refractivity contribution in [1.29, 1.82) is 0 Å². The Labute approximate surface area is 89.9 Å². The lowest BCUT2D eigenvalue weighted by Gasteiger charge is -2.32. The number of carboxylic acid groups (broad SMARTS) is 1. The van der Waals surface area contributed by atoms with E-state index in [-0.39, 0.29) is 5.92 Å². The van der Waals surface area contributed by atoms with E-state index in [4.69, 9.17) is 5.11 Å². The molecule has 0 aromatic heterocycles. The fourth-order valence-electron chi connectivity index (χ4n) is 2.02. The fourth-order valence-corrected chi connectivity index (χ4v) is 2.79. The Kier molecular flexibility index (Phi) is 4.75. The van der Waals surface area contributed by atoms with E-state index in [0.29, 0.717) is 5.92 Å². The number of carbonyl (C=O) groups is 1. The lowest BCUT2D eigenvalue weighted by molar-refractivity contribution is -0.143. The van der Waals surface area contributed by atoms with Gasteiger partial charge in [-0.2, -0.15) is 11.8 Å². The summed E-state index contributed by atoms with van der Waals surface area (Å²) in [5.41, 5.74) is 0. The largest absolute Gasteiger partial charge is 0.481 e. The van der Waals surface area contributed by atoms with Crippen LogP contribution in [-0.4, -0.2) is 48.1 Å². The Balaban J connectivity index is 2.47. The van der Waals surface area contributed by atoms with E-state index in [2.05, 4.69) is 11.9 Å². The van der Waals surface area contributed by atoms with Crippen molar-refractivity contribution in [2.45, 2.75) is 12.8 Å². The number of aliphatic carboxylic acids is 1. The molecule has 0 aromatic rings. The number of nitrogens with zero attached hydrogens (tertiary/aromatic N) is 1. The van der Waals surface area contributed by atoms with Crippen LogP contribution < -0.4 is 0 Å². The maximum Gasteiger partial charge on any atom is 0.307 e. The van der Waals surface area contributed by atoms with Gasteiger partial charge in [0.05, 0.1) is 5.92 Å². The Morgan fingerprint density at radius 3 is 2.57 bits per heavy atom. The van der Waals surface area contributed by atoms with Crippen molar-refractivity contribution >= 4 is 17.7 Å². The third-order valence-electron chi connectivity index (χ3n) is 3.00. The smallest absolute Gasteiger partial charge is 0.307 e. The number of hydrogen-bond donors (Lipinski definition) is 1. The van der Waals surface area contributed by atoms with Crippen molar-refractivity contribution in [2.24, 2.45) is 11.8 Å². The van der Waals surface area contributed by atoms with Gasteiger partial charge in [0.1, 0.15) is 0 Å². The van der Waals surface area contributed by atoms with Crippen molar-refractivity contribution in [1.82, 2.24) is 4.90 Å². The molecule has 4 heteroatoms. The highest BCUT2D eigenvalue weighted by Gasteiger charge is 2.29. The second-order valence-electron chi connectivity index (χ2n) is 4.04. The van der Waals surface area contributed by atoms with Crippen molar-refractivity contribution < 1.29 is 9.90 Å². The van der Waals surface area contributed by atoms with Gasteiger partial charge in [-0.3, -0.25) is 4.79 Å². The first-order chi connectivity index (χ1) is 6.65. The molecule has 0 aromatic carbocycles. The average molecular weight is 217 g/mol. The molecule has 0 spiro atoms. The summed E-state index contributed by atoms with van der Waals surface area (Å²) in [4.78, 5) is 13.3. The lowest BCUT2D eigenvalue weighted by Crippen LogP contribution is -2.36. The van der Waals surface area contributed by atoms with E-state index in [1.165, 1.54) is 0 Å². The van der Waals surface area contributed by atoms with Gasteiger partial charge in [-0.1, -0.05) is 0 Å². The third-order valence-corrected chi connectivity index (χ3v) is 3.69. The number of hydrogen-bond acceptors (Lipinski definition) is 3. The van der Waals surface area contributed by atoms with Gasteiger partial charge in [-0.25, -0.2) is 0 Å². The normalized spacial score (nSPS) is 22.1. The molecule has 14 heavy (non-hydrogen) atoms. The van der Waals surface area contributed by atoms with E-state index in [1.807, 2.05) is 6.26 Å². The fraction of sp³-hybridized carbons (Fsp3) is 0.900. The van der Waals surface area contributed by atoms with Gasteiger partial charge in [0.2, 0.25) is 0 Å². The molecule has 1 saturated heterocycles. The molecule has 1 N–H and O–H groups in total. The van der Waals surface area contributed by atoms with Crippen LogP contribution in [0.5, 0.6) is 0 Å². The van der Waals surface area contributed by atoms with Crippen LogP contribution in [0.1, 0.15) is 12.8 Å². The zero-order valence-corrected chi connectivity index (χ0v) is 9.72. The van der Waals surface area contributed by atoms with E-state index in [9.17, 15) is 4.79 Å². The average Bonchev–Trinajstić information content (AvgIpc) is 2.15. The molecule has 1 heterocycles. The summed E-state index contributed by atoms with van der Waals surface area (Å²) in [6.07, 6.45) is 4.05. The summed E-state index contributed by atoms with van der Waals surface area (Å²) in [6, 6.07) is 0. The number of likely N-dealkylation sites (tertiary alicyclic amines) is 1. The summed E-state index contributed by atoms with van der Waals surface area (Å²) in [5, 5.41) is 9.10. The van der Waals surface area contributed by atoms with Gasteiger partial charge in [-0.05, 0) is 45.2 Å². The van der Waals surface area contributed by atoms with Crippen LogP contribution in [-0.2, 0) is 4.79 Å². The Morgan fingerprint density at radius 2 is 2.14 bits per heavy atom. The highest BCUT2D eigenvalue weighted by Crippen LogP contribution is 2.26. The van der Waals surface area contributed by atoms with Crippen LogP contribution in [0.4, 0.5) is 0 Å². The lowest BCUT2D eigenvalue weighted by atomic mass is 9.85. The molecule has 0 amide bonds. The summed E-state index contributed by atoms with van der Waals surface area (Å²) >= 11 is 1.64. The summed E-state index contributed by atoms with van der Waals surface area (Å²) in [5.74, 6) is 0.382. The quantitative estimate of drug-likeness (QED) is 0.772. The number of thioether (sulfide) groups is 1. The minimum absolute atomic E-state index is 0.140.